The van der Waals surface area contributed by atoms with Crippen molar-refractivity contribution in [3.63, 3.8) is 0 Å². The van der Waals surface area contributed by atoms with Gasteiger partial charge in [0.2, 0.25) is 5.91 Å². The number of aryl methyl sites for hydroxylation is 2. The zero-order valence-electron chi connectivity index (χ0n) is 16.5. The van der Waals surface area contributed by atoms with Crippen molar-refractivity contribution in [2.45, 2.75) is 58.4 Å². The van der Waals surface area contributed by atoms with E-state index in [4.69, 9.17) is 4.52 Å². The Bertz CT molecular complexity index is 797. The number of carbonyl (C=O) groups excluding carboxylic acids is 1. The van der Waals surface area contributed by atoms with Crippen molar-refractivity contribution >= 4 is 5.91 Å². The summed E-state index contributed by atoms with van der Waals surface area (Å²) in [7, 11) is 0. The molecule has 27 heavy (non-hydrogen) atoms. The van der Waals surface area contributed by atoms with Crippen LogP contribution in [0.5, 0.6) is 0 Å². The van der Waals surface area contributed by atoms with Crippen molar-refractivity contribution in [2.75, 3.05) is 26.2 Å². The van der Waals surface area contributed by atoms with Gasteiger partial charge >= 0.3 is 0 Å². The summed E-state index contributed by atoms with van der Waals surface area (Å²) in [5, 5.41) is 3.98. The minimum Gasteiger partial charge on any atom is -0.361 e. The summed E-state index contributed by atoms with van der Waals surface area (Å²) in [6, 6.07) is 0. The number of H-pyrrole nitrogens is 1. The number of imidazole rings is 1. The Balaban J connectivity index is 1.42. The van der Waals surface area contributed by atoms with E-state index in [1.54, 1.807) is 0 Å². The van der Waals surface area contributed by atoms with Gasteiger partial charge in [0.1, 0.15) is 5.76 Å². The average molecular weight is 371 g/mol. The normalized spacial score (nSPS) is 19.4. The van der Waals surface area contributed by atoms with Crippen molar-refractivity contribution < 1.29 is 9.32 Å². The molecule has 0 aliphatic carbocycles. The maximum atomic E-state index is 12.8. The van der Waals surface area contributed by atoms with Crippen LogP contribution in [-0.4, -0.2) is 57.0 Å². The molecule has 4 rings (SSSR count). The Morgan fingerprint density at radius 2 is 2.07 bits per heavy atom. The molecule has 2 aliphatic rings. The Morgan fingerprint density at radius 3 is 2.74 bits per heavy atom. The lowest BCUT2D eigenvalue weighted by Gasteiger charge is -2.50. The van der Waals surface area contributed by atoms with Crippen molar-refractivity contribution in [3.8, 4) is 0 Å². The number of likely N-dealkylation sites (N-methyl/N-ethyl adjacent to an activating group) is 1. The van der Waals surface area contributed by atoms with Crippen LogP contribution in [-0.2, 0) is 23.2 Å². The van der Waals surface area contributed by atoms with Gasteiger partial charge in [0.15, 0.2) is 0 Å². The van der Waals surface area contributed by atoms with Crippen LogP contribution in [0.3, 0.4) is 0 Å². The first-order valence-corrected chi connectivity index (χ1v) is 10.0. The second-order valence-electron chi connectivity index (χ2n) is 7.77. The molecule has 1 N–H and O–H groups in total. The molecule has 0 unspecified atom stereocenters. The summed E-state index contributed by atoms with van der Waals surface area (Å²) in [6.07, 6.45) is 5.98. The molecule has 7 heteroatoms. The predicted molar refractivity (Wildman–Crippen MR) is 101 cm³/mol. The zero-order chi connectivity index (χ0) is 19.0. The summed E-state index contributed by atoms with van der Waals surface area (Å²) < 4.78 is 5.21. The predicted octanol–water partition coefficient (Wildman–Crippen LogP) is 2.34. The van der Waals surface area contributed by atoms with Crippen molar-refractivity contribution in [1.29, 1.82) is 0 Å². The van der Waals surface area contributed by atoms with E-state index in [0.29, 0.717) is 12.8 Å². The average Bonchev–Trinajstić information content (AvgIpc) is 3.28. The molecule has 0 radical (unpaired) electrons. The van der Waals surface area contributed by atoms with Crippen LogP contribution in [0.2, 0.25) is 0 Å². The number of fused-ring (bicyclic) bond motifs is 2. The van der Waals surface area contributed by atoms with Crippen LogP contribution in [0, 0.1) is 13.8 Å². The molecule has 1 amide bonds. The zero-order valence-corrected chi connectivity index (χ0v) is 16.5. The van der Waals surface area contributed by atoms with Crippen molar-refractivity contribution in [3.05, 3.63) is 34.7 Å². The van der Waals surface area contributed by atoms with Gasteiger partial charge in [-0.3, -0.25) is 9.69 Å². The van der Waals surface area contributed by atoms with Gasteiger partial charge in [-0.05, 0) is 39.7 Å². The Kier molecular flexibility index (Phi) is 4.80. The Hall–Kier alpha value is -2.15. The molecule has 0 aromatic carbocycles. The highest BCUT2D eigenvalue weighted by molar-refractivity contribution is 5.76. The molecule has 0 atom stereocenters. The fourth-order valence-electron chi connectivity index (χ4n) is 4.91. The summed E-state index contributed by atoms with van der Waals surface area (Å²) in [4.78, 5) is 25.4. The third-order valence-corrected chi connectivity index (χ3v) is 6.49. The van der Waals surface area contributed by atoms with Crippen molar-refractivity contribution in [1.82, 2.24) is 24.9 Å². The molecule has 2 aromatic rings. The fraction of sp³-hybridized carbons (Fsp3) is 0.650. The van der Waals surface area contributed by atoms with Crippen LogP contribution in [0.4, 0.5) is 0 Å². The van der Waals surface area contributed by atoms with Gasteiger partial charge in [0.25, 0.3) is 0 Å². The molecule has 1 spiro atoms. The van der Waals surface area contributed by atoms with Gasteiger partial charge in [0.05, 0.1) is 23.3 Å². The maximum absolute atomic E-state index is 12.8. The van der Waals surface area contributed by atoms with E-state index in [0.717, 1.165) is 62.5 Å². The number of nitrogens with zero attached hydrogens (tertiary/aromatic N) is 4. The van der Waals surface area contributed by atoms with Crippen LogP contribution < -0.4 is 0 Å². The number of hydrogen-bond acceptors (Lipinski definition) is 5. The second-order valence-corrected chi connectivity index (χ2v) is 7.77. The number of amides is 1. The van der Waals surface area contributed by atoms with Crippen LogP contribution in [0.25, 0.3) is 0 Å². The minimum atomic E-state index is -0.0131. The lowest BCUT2D eigenvalue weighted by Crippen LogP contribution is -2.57. The van der Waals surface area contributed by atoms with Gasteiger partial charge in [0, 0.05) is 43.7 Å². The second kappa shape index (κ2) is 7.11. The van der Waals surface area contributed by atoms with Gasteiger partial charge in [-0.15, -0.1) is 0 Å². The number of nitrogens with one attached hydrogen (secondary N) is 1. The number of carbonyl (C=O) groups is 1. The lowest BCUT2D eigenvalue weighted by atomic mass is 9.78. The van der Waals surface area contributed by atoms with Crippen LogP contribution >= 0.6 is 0 Å². The topological polar surface area (TPSA) is 78.3 Å². The highest BCUT2D eigenvalue weighted by atomic mass is 16.5. The Labute approximate surface area is 160 Å². The van der Waals surface area contributed by atoms with Gasteiger partial charge in [-0.1, -0.05) is 12.1 Å². The summed E-state index contributed by atoms with van der Waals surface area (Å²) in [6.45, 7) is 9.74. The molecule has 2 aromatic heterocycles. The third-order valence-electron chi connectivity index (χ3n) is 6.49. The van der Waals surface area contributed by atoms with Crippen LogP contribution in [0.1, 0.15) is 54.6 Å². The molecular weight excluding hydrogens is 342 g/mol. The number of piperidine rings is 1. The van der Waals surface area contributed by atoms with E-state index < -0.39 is 0 Å². The molecule has 1 fully saturated rings. The summed E-state index contributed by atoms with van der Waals surface area (Å²) in [5.74, 6) is 1.05. The van der Waals surface area contributed by atoms with E-state index in [2.05, 4.69) is 26.9 Å². The van der Waals surface area contributed by atoms with E-state index >= 15 is 0 Å². The first kappa shape index (κ1) is 18.2. The number of aromatic amines is 1. The van der Waals surface area contributed by atoms with E-state index in [1.807, 2.05) is 25.1 Å². The molecule has 7 nitrogen and oxygen atoms in total. The molecule has 2 aliphatic heterocycles. The maximum Gasteiger partial charge on any atom is 0.222 e. The number of rotatable bonds is 4. The van der Waals surface area contributed by atoms with Crippen LogP contribution in [0.15, 0.2) is 10.9 Å². The van der Waals surface area contributed by atoms with Gasteiger partial charge < -0.3 is 14.4 Å². The highest BCUT2D eigenvalue weighted by Crippen LogP contribution is 2.42. The monoisotopic (exact) mass is 371 g/mol. The minimum absolute atomic E-state index is 0.0131. The first-order valence-electron chi connectivity index (χ1n) is 10.0. The largest absolute Gasteiger partial charge is 0.361 e. The van der Waals surface area contributed by atoms with Gasteiger partial charge in [-0.2, -0.15) is 0 Å². The molecular formula is C20H29N5O2. The smallest absolute Gasteiger partial charge is 0.222 e. The quantitative estimate of drug-likeness (QED) is 0.892. The number of likely N-dealkylation sites (tertiary alicyclic amines) is 1. The first-order chi connectivity index (χ1) is 13.0. The number of aromatic nitrogens is 3. The van der Waals surface area contributed by atoms with Crippen molar-refractivity contribution in [2.24, 2.45) is 0 Å². The fourth-order valence-corrected chi connectivity index (χ4v) is 4.91. The summed E-state index contributed by atoms with van der Waals surface area (Å²) >= 11 is 0. The van der Waals surface area contributed by atoms with Gasteiger partial charge in [-0.25, -0.2) is 4.98 Å². The molecule has 4 heterocycles. The highest BCUT2D eigenvalue weighted by Gasteiger charge is 2.46. The molecule has 0 saturated carbocycles. The van der Waals surface area contributed by atoms with E-state index in [-0.39, 0.29) is 11.4 Å². The molecule has 1 saturated heterocycles. The molecule has 146 valence electrons. The SMILES string of the molecule is CCN1CCc2[nH]cnc2C12CCN(C(=O)CCc1c(C)noc1C)CC2. The number of hydrogen-bond donors (Lipinski definition) is 1. The molecule has 0 bridgehead atoms. The van der Waals surface area contributed by atoms with E-state index in [9.17, 15) is 4.79 Å². The lowest BCUT2D eigenvalue weighted by molar-refractivity contribution is -0.134. The third kappa shape index (κ3) is 3.08. The van der Waals surface area contributed by atoms with E-state index in [1.165, 1.54) is 11.4 Å². The Morgan fingerprint density at radius 1 is 1.30 bits per heavy atom. The summed E-state index contributed by atoms with van der Waals surface area (Å²) in [5.41, 5.74) is 4.43. The standard InChI is InChI=1S/C20H29N5O2/c1-4-25-10-7-17-19(22-13-21-17)20(25)8-11-24(12-9-20)18(26)6-5-16-14(2)23-27-15(16)3/h13H,4-12H2,1-3H3,(H,21,22).